The van der Waals surface area contributed by atoms with E-state index in [0.29, 0.717) is 17.5 Å². The summed E-state index contributed by atoms with van der Waals surface area (Å²) in [5.74, 6) is 1.83. The van der Waals surface area contributed by atoms with Crippen molar-refractivity contribution in [1.82, 2.24) is 19.3 Å². The van der Waals surface area contributed by atoms with Gasteiger partial charge in [0.15, 0.2) is 16.8 Å². The summed E-state index contributed by atoms with van der Waals surface area (Å²) in [6.45, 7) is 10.3. The number of furan rings is 1. The fourth-order valence-electron chi connectivity index (χ4n) is 3.73. The lowest BCUT2D eigenvalue weighted by atomic mass is 10.2. The van der Waals surface area contributed by atoms with Gasteiger partial charge in [0.2, 0.25) is 0 Å². The third-order valence-corrected chi connectivity index (χ3v) is 6.17. The average molecular weight is 433 g/mol. The van der Waals surface area contributed by atoms with E-state index in [9.17, 15) is 4.79 Å². The van der Waals surface area contributed by atoms with E-state index in [-0.39, 0.29) is 11.5 Å². The van der Waals surface area contributed by atoms with Crippen LogP contribution in [-0.4, -0.2) is 30.9 Å². The van der Waals surface area contributed by atoms with E-state index in [1.165, 1.54) is 11.8 Å². The molecule has 0 N–H and O–H groups in total. The monoisotopic (exact) mass is 432 g/mol. The Morgan fingerprint density at radius 1 is 1.16 bits per heavy atom. The zero-order valence-electron chi connectivity index (χ0n) is 17.8. The number of aryl methyl sites for hydroxylation is 2. The highest BCUT2D eigenvalue weighted by molar-refractivity contribution is 7.99. The lowest BCUT2D eigenvalue weighted by Crippen LogP contribution is -2.07. The number of carbonyl (C=O) groups excluding carboxylic acids is 1. The normalized spacial score (nSPS) is 11.1. The fourth-order valence-corrected chi connectivity index (χ4v) is 4.56. The van der Waals surface area contributed by atoms with Crippen molar-refractivity contribution in [3.63, 3.8) is 0 Å². The smallest absolute Gasteiger partial charge is 0.192 e. The summed E-state index contributed by atoms with van der Waals surface area (Å²) in [7, 11) is 0. The summed E-state index contributed by atoms with van der Waals surface area (Å²) in [4.78, 5) is 13.1. The quantitative estimate of drug-likeness (QED) is 0.211. The molecule has 0 aliphatic heterocycles. The van der Waals surface area contributed by atoms with Crippen LogP contribution in [0.5, 0.6) is 0 Å². The maximum atomic E-state index is 13.1. The van der Waals surface area contributed by atoms with E-state index in [4.69, 9.17) is 4.42 Å². The summed E-state index contributed by atoms with van der Waals surface area (Å²) in [6.07, 6.45) is 3.43. The Morgan fingerprint density at radius 2 is 1.94 bits per heavy atom. The van der Waals surface area contributed by atoms with Gasteiger partial charge in [0, 0.05) is 29.2 Å². The predicted octanol–water partition coefficient (Wildman–Crippen LogP) is 5.42. The summed E-state index contributed by atoms with van der Waals surface area (Å²) in [5.41, 5.74) is 4.64. The Balaban J connectivity index is 1.57. The van der Waals surface area contributed by atoms with Crippen molar-refractivity contribution in [1.29, 1.82) is 0 Å². The second kappa shape index (κ2) is 8.81. The summed E-state index contributed by atoms with van der Waals surface area (Å²) in [6, 6.07) is 13.9. The fraction of sp³-hybridized carbons (Fsp3) is 0.208. The van der Waals surface area contributed by atoms with Crippen molar-refractivity contribution >= 4 is 17.5 Å². The van der Waals surface area contributed by atoms with E-state index >= 15 is 0 Å². The number of carbonyl (C=O) groups is 1. The zero-order valence-corrected chi connectivity index (χ0v) is 18.6. The standard InChI is InChI=1S/C24H24N4O2S/c1-5-12-27-23(20-11-13-30-18(20)4)25-26-24(27)31-15-22(29)21-14-16(2)28(17(21)3)19-9-7-6-8-10-19/h5-11,13-14H,1,12,15H2,2-4H3. The molecule has 0 atom stereocenters. The first-order chi connectivity index (χ1) is 15.0. The predicted molar refractivity (Wildman–Crippen MR) is 123 cm³/mol. The van der Waals surface area contributed by atoms with Crippen LogP contribution in [0.1, 0.15) is 27.5 Å². The Kier molecular flexibility index (Phi) is 5.95. The van der Waals surface area contributed by atoms with Gasteiger partial charge in [-0.25, -0.2) is 0 Å². The molecule has 0 aliphatic rings. The molecular weight excluding hydrogens is 408 g/mol. The molecular formula is C24H24N4O2S. The number of hydrogen-bond donors (Lipinski definition) is 0. The van der Waals surface area contributed by atoms with Gasteiger partial charge in [-0.15, -0.1) is 16.8 Å². The van der Waals surface area contributed by atoms with Crippen LogP contribution in [0.15, 0.2) is 71.0 Å². The van der Waals surface area contributed by atoms with Crippen molar-refractivity contribution in [2.75, 3.05) is 5.75 Å². The molecule has 0 spiro atoms. The Bertz CT molecular complexity index is 1230. The molecule has 31 heavy (non-hydrogen) atoms. The minimum absolute atomic E-state index is 0.0643. The van der Waals surface area contributed by atoms with Crippen molar-refractivity contribution < 1.29 is 9.21 Å². The number of nitrogens with zero attached hydrogens (tertiary/aromatic N) is 4. The van der Waals surface area contributed by atoms with E-state index in [0.717, 1.165) is 34.0 Å². The van der Waals surface area contributed by atoms with Crippen LogP contribution in [-0.2, 0) is 6.54 Å². The Hall–Kier alpha value is -3.32. The number of ketones is 1. The minimum Gasteiger partial charge on any atom is -0.469 e. The molecule has 0 saturated heterocycles. The molecule has 0 amide bonds. The first kappa shape index (κ1) is 20.9. The summed E-state index contributed by atoms with van der Waals surface area (Å²) < 4.78 is 9.47. The molecule has 3 heterocycles. The van der Waals surface area contributed by atoms with E-state index in [2.05, 4.69) is 21.3 Å². The highest BCUT2D eigenvalue weighted by Gasteiger charge is 2.20. The molecule has 0 saturated carbocycles. The van der Waals surface area contributed by atoms with Gasteiger partial charge in [-0.3, -0.25) is 9.36 Å². The molecule has 7 heteroatoms. The van der Waals surface area contributed by atoms with Gasteiger partial charge in [-0.1, -0.05) is 36.0 Å². The van der Waals surface area contributed by atoms with Crippen LogP contribution >= 0.6 is 11.8 Å². The zero-order chi connectivity index (χ0) is 22.0. The van der Waals surface area contributed by atoms with Crippen molar-refractivity contribution in [2.45, 2.75) is 32.5 Å². The second-order valence-corrected chi connectivity index (χ2v) is 8.21. The highest BCUT2D eigenvalue weighted by Crippen LogP contribution is 2.28. The molecule has 3 aromatic heterocycles. The van der Waals surface area contributed by atoms with E-state index < -0.39 is 0 Å². The van der Waals surface area contributed by atoms with Crippen molar-refractivity contribution in [3.8, 4) is 17.1 Å². The molecule has 158 valence electrons. The molecule has 4 rings (SSSR count). The topological polar surface area (TPSA) is 65.8 Å². The largest absolute Gasteiger partial charge is 0.469 e. The van der Waals surface area contributed by atoms with Crippen LogP contribution in [0, 0.1) is 20.8 Å². The third kappa shape index (κ3) is 4.01. The first-order valence-corrected chi connectivity index (χ1v) is 11.0. The van der Waals surface area contributed by atoms with Gasteiger partial charge >= 0.3 is 0 Å². The molecule has 4 aromatic rings. The van der Waals surface area contributed by atoms with Gasteiger partial charge < -0.3 is 8.98 Å². The first-order valence-electron chi connectivity index (χ1n) is 10.00. The van der Waals surface area contributed by atoms with Gasteiger partial charge in [0.1, 0.15) is 5.76 Å². The molecule has 0 unspecified atom stereocenters. The summed E-state index contributed by atoms with van der Waals surface area (Å²) >= 11 is 1.39. The maximum Gasteiger partial charge on any atom is 0.192 e. The number of hydrogen-bond acceptors (Lipinski definition) is 5. The van der Waals surface area contributed by atoms with Gasteiger partial charge in [-0.2, -0.15) is 0 Å². The molecule has 0 bridgehead atoms. The number of thioether (sulfide) groups is 1. The maximum absolute atomic E-state index is 13.1. The number of aromatic nitrogens is 4. The Labute approximate surface area is 185 Å². The van der Waals surface area contributed by atoms with Crippen LogP contribution in [0.2, 0.25) is 0 Å². The SMILES string of the molecule is C=CCn1c(SCC(=O)c2cc(C)n(-c3ccccc3)c2C)nnc1-c1ccoc1C. The highest BCUT2D eigenvalue weighted by atomic mass is 32.2. The van der Waals surface area contributed by atoms with E-state index in [1.807, 2.05) is 67.8 Å². The lowest BCUT2D eigenvalue weighted by molar-refractivity contribution is 0.102. The minimum atomic E-state index is 0.0643. The molecule has 0 aliphatic carbocycles. The number of allylic oxidation sites excluding steroid dienone is 1. The number of benzene rings is 1. The number of Topliss-reactive ketones (excluding diaryl/α,β-unsaturated/α-hetero) is 1. The third-order valence-electron chi connectivity index (χ3n) is 5.21. The average Bonchev–Trinajstić information content (AvgIpc) is 3.44. The second-order valence-electron chi connectivity index (χ2n) is 7.26. The van der Waals surface area contributed by atoms with Crippen LogP contribution in [0.3, 0.4) is 0 Å². The molecule has 1 aromatic carbocycles. The van der Waals surface area contributed by atoms with E-state index in [1.54, 1.807) is 12.3 Å². The molecule has 6 nitrogen and oxygen atoms in total. The van der Waals surface area contributed by atoms with Crippen LogP contribution < -0.4 is 0 Å². The summed E-state index contributed by atoms with van der Waals surface area (Å²) in [5, 5.41) is 9.33. The number of rotatable bonds is 8. The van der Waals surface area contributed by atoms with Gasteiger partial charge in [0.05, 0.1) is 17.6 Å². The van der Waals surface area contributed by atoms with Crippen molar-refractivity contribution in [3.05, 3.63) is 84.1 Å². The van der Waals surface area contributed by atoms with Gasteiger partial charge in [0.25, 0.3) is 0 Å². The van der Waals surface area contributed by atoms with Gasteiger partial charge in [-0.05, 0) is 45.0 Å². The van der Waals surface area contributed by atoms with Crippen LogP contribution in [0.4, 0.5) is 0 Å². The Morgan fingerprint density at radius 3 is 2.61 bits per heavy atom. The van der Waals surface area contributed by atoms with Crippen molar-refractivity contribution in [2.24, 2.45) is 0 Å². The van der Waals surface area contributed by atoms with Crippen LogP contribution in [0.25, 0.3) is 17.1 Å². The molecule has 0 fully saturated rings. The lowest BCUT2D eigenvalue weighted by Gasteiger charge is -2.09. The molecule has 0 radical (unpaired) electrons. The number of para-hydroxylation sites is 1.